The maximum atomic E-state index is 12.3. The van der Waals surface area contributed by atoms with E-state index >= 15 is 0 Å². The lowest BCUT2D eigenvalue weighted by Crippen LogP contribution is -2.33. The fourth-order valence-electron chi connectivity index (χ4n) is 1.72. The summed E-state index contributed by atoms with van der Waals surface area (Å²) in [6, 6.07) is 6.25. The summed E-state index contributed by atoms with van der Waals surface area (Å²) in [5.41, 5.74) is 0.489. The van der Waals surface area contributed by atoms with Gasteiger partial charge in [0.25, 0.3) is 5.91 Å². The quantitative estimate of drug-likeness (QED) is 0.897. The standard InChI is InChI=1S/C14H20N2O3S/c1-10(2)16(3)20(18,19)13-8-4-11(5-9-13)14(17)15-12-6-7-12/h4-5,8-10,12H,6-7H2,1-3H3,(H,15,17). The second-order valence-corrected chi connectivity index (χ2v) is 7.38. The van der Waals surface area contributed by atoms with E-state index in [1.807, 2.05) is 13.8 Å². The zero-order valence-corrected chi connectivity index (χ0v) is 12.8. The largest absolute Gasteiger partial charge is 0.349 e. The summed E-state index contributed by atoms with van der Waals surface area (Å²) in [7, 11) is -1.94. The van der Waals surface area contributed by atoms with Crippen LogP contribution in [0.4, 0.5) is 0 Å². The third kappa shape index (κ3) is 3.19. The van der Waals surface area contributed by atoms with Crippen LogP contribution < -0.4 is 5.32 Å². The Bertz CT molecular complexity index is 589. The smallest absolute Gasteiger partial charge is 0.251 e. The number of carbonyl (C=O) groups excluding carboxylic acids is 1. The number of carbonyl (C=O) groups is 1. The average Bonchev–Trinajstić information content (AvgIpc) is 3.21. The number of nitrogens with zero attached hydrogens (tertiary/aromatic N) is 1. The Balaban J connectivity index is 2.16. The molecular formula is C14H20N2O3S. The Hall–Kier alpha value is -1.40. The molecule has 0 heterocycles. The number of nitrogens with one attached hydrogen (secondary N) is 1. The van der Waals surface area contributed by atoms with Gasteiger partial charge in [0.2, 0.25) is 10.0 Å². The molecule has 0 saturated heterocycles. The lowest BCUT2D eigenvalue weighted by Gasteiger charge is -2.21. The van der Waals surface area contributed by atoms with Gasteiger partial charge in [-0.2, -0.15) is 4.31 Å². The van der Waals surface area contributed by atoms with Crippen molar-refractivity contribution in [3.63, 3.8) is 0 Å². The lowest BCUT2D eigenvalue weighted by molar-refractivity contribution is 0.0951. The number of hydrogen-bond acceptors (Lipinski definition) is 3. The Morgan fingerprint density at radius 3 is 2.25 bits per heavy atom. The minimum atomic E-state index is -3.49. The lowest BCUT2D eigenvalue weighted by atomic mass is 10.2. The van der Waals surface area contributed by atoms with E-state index in [2.05, 4.69) is 5.32 Å². The van der Waals surface area contributed by atoms with E-state index in [-0.39, 0.29) is 22.9 Å². The second-order valence-electron chi connectivity index (χ2n) is 5.39. The zero-order valence-electron chi connectivity index (χ0n) is 12.0. The molecule has 1 N–H and O–H groups in total. The first-order valence-corrected chi connectivity index (χ1v) is 8.15. The van der Waals surface area contributed by atoms with E-state index in [4.69, 9.17) is 0 Å². The van der Waals surface area contributed by atoms with Gasteiger partial charge in [-0.3, -0.25) is 4.79 Å². The number of benzene rings is 1. The molecule has 1 aromatic carbocycles. The molecule has 1 amide bonds. The van der Waals surface area contributed by atoms with Crippen LogP contribution in [-0.2, 0) is 10.0 Å². The van der Waals surface area contributed by atoms with Crippen molar-refractivity contribution in [2.45, 2.75) is 43.7 Å². The number of rotatable bonds is 5. The van der Waals surface area contributed by atoms with Crippen LogP contribution in [-0.4, -0.2) is 37.8 Å². The third-order valence-electron chi connectivity index (χ3n) is 3.43. The molecule has 0 spiro atoms. The molecular weight excluding hydrogens is 276 g/mol. The van der Waals surface area contributed by atoms with Crippen LogP contribution in [0.3, 0.4) is 0 Å². The molecule has 0 atom stereocenters. The summed E-state index contributed by atoms with van der Waals surface area (Å²) in [5, 5.41) is 2.87. The zero-order chi connectivity index (χ0) is 14.9. The summed E-state index contributed by atoms with van der Waals surface area (Å²) in [6.07, 6.45) is 2.05. The van der Waals surface area contributed by atoms with Crippen LogP contribution >= 0.6 is 0 Å². The van der Waals surface area contributed by atoms with Crippen LogP contribution in [0.1, 0.15) is 37.0 Å². The van der Waals surface area contributed by atoms with Gasteiger partial charge in [0, 0.05) is 24.7 Å². The van der Waals surface area contributed by atoms with E-state index in [1.54, 1.807) is 19.2 Å². The minimum Gasteiger partial charge on any atom is -0.349 e. The van der Waals surface area contributed by atoms with Crippen molar-refractivity contribution in [2.24, 2.45) is 0 Å². The van der Waals surface area contributed by atoms with Gasteiger partial charge in [0.15, 0.2) is 0 Å². The SMILES string of the molecule is CC(C)N(C)S(=O)(=O)c1ccc(C(=O)NC2CC2)cc1. The van der Waals surface area contributed by atoms with Crippen LogP contribution in [0.15, 0.2) is 29.2 Å². The van der Waals surface area contributed by atoms with Crippen molar-refractivity contribution in [2.75, 3.05) is 7.05 Å². The normalized spacial score (nSPS) is 15.7. The predicted octanol–water partition coefficient (Wildman–Crippen LogP) is 1.61. The highest BCUT2D eigenvalue weighted by molar-refractivity contribution is 7.89. The van der Waals surface area contributed by atoms with Crippen molar-refractivity contribution < 1.29 is 13.2 Å². The van der Waals surface area contributed by atoms with Gasteiger partial charge in [-0.15, -0.1) is 0 Å². The molecule has 0 aromatic heterocycles. The predicted molar refractivity (Wildman–Crippen MR) is 77.0 cm³/mol. The van der Waals surface area contributed by atoms with E-state index in [0.717, 1.165) is 12.8 Å². The first-order valence-electron chi connectivity index (χ1n) is 6.71. The molecule has 0 aliphatic heterocycles. The first kappa shape index (κ1) is 15.0. The summed E-state index contributed by atoms with van der Waals surface area (Å²) in [6.45, 7) is 3.63. The Labute approximate surface area is 120 Å². The Morgan fingerprint density at radius 1 is 1.25 bits per heavy atom. The maximum absolute atomic E-state index is 12.3. The van der Waals surface area contributed by atoms with Crippen LogP contribution in [0.5, 0.6) is 0 Å². The van der Waals surface area contributed by atoms with Gasteiger partial charge in [0.1, 0.15) is 0 Å². The monoisotopic (exact) mass is 296 g/mol. The summed E-state index contributed by atoms with van der Waals surface area (Å²) in [4.78, 5) is 12.0. The fraction of sp³-hybridized carbons (Fsp3) is 0.500. The van der Waals surface area contributed by atoms with Gasteiger partial charge in [0.05, 0.1) is 4.90 Å². The minimum absolute atomic E-state index is 0.113. The summed E-state index contributed by atoms with van der Waals surface area (Å²) < 4.78 is 25.8. The Kier molecular flexibility index (Phi) is 4.15. The molecule has 2 rings (SSSR count). The van der Waals surface area contributed by atoms with Crippen molar-refractivity contribution in [1.29, 1.82) is 0 Å². The average molecular weight is 296 g/mol. The highest BCUT2D eigenvalue weighted by Crippen LogP contribution is 2.20. The van der Waals surface area contributed by atoms with Crippen molar-refractivity contribution in [1.82, 2.24) is 9.62 Å². The molecule has 1 fully saturated rings. The highest BCUT2D eigenvalue weighted by Gasteiger charge is 2.25. The number of amides is 1. The van der Waals surface area contributed by atoms with Crippen LogP contribution in [0, 0.1) is 0 Å². The summed E-state index contributed by atoms with van der Waals surface area (Å²) >= 11 is 0. The molecule has 0 bridgehead atoms. The molecule has 0 radical (unpaired) electrons. The molecule has 1 saturated carbocycles. The molecule has 1 aliphatic carbocycles. The van der Waals surface area contributed by atoms with Gasteiger partial charge < -0.3 is 5.32 Å². The first-order chi connectivity index (χ1) is 9.32. The van der Waals surface area contributed by atoms with Crippen LogP contribution in [0.2, 0.25) is 0 Å². The number of sulfonamides is 1. The molecule has 1 aliphatic rings. The van der Waals surface area contributed by atoms with Gasteiger partial charge in [-0.25, -0.2) is 8.42 Å². The van der Waals surface area contributed by atoms with Crippen molar-refractivity contribution in [3.05, 3.63) is 29.8 Å². The summed E-state index contributed by atoms with van der Waals surface area (Å²) in [5.74, 6) is -0.145. The second kappa shape index (κ2) is 5.54. The fourth-order valence-corrected chi connectivity index (χ4v) is 3.09. The molecule has 6 heteroatoms. The Morgan fingerprint density at radius 2 is 1.80 bits per heavy atom. The van der Waals surface area contributed by atoms with Gasteiger partial charge in [-0.1, -0.05) is 0 Å². The van der Waals surface area contributed by atoms with E-state index in [1.165, 1.54) is 16.4 Å². The number of hydrogen-bond donors (Lipinski definition) is 1. The van der Waals surface area contributed by atoms with E-state index in [0.29, 0.717) is 5.56 Å². The van der Waals surface area contributed by atoms with Gasteiger partial charge in [-0.05, 0) is 51.0 Å². The molecule has 1 aromatic rings. The molecule has 0 unspecified atom stereocenters. The molecule has 5 nitrogen and oxygen atoms in total. The molecule has 110 valence electrons. The third-order valence-corrected chi connectivity index (χ3v) is 5.48. The van der Waals surface area contributed by atoms with Crippen molar-refractivity contribution >= 4 is 15.9 Å². The highest BCUT2D eigenvalue weighted by atomic mass is 32.2. The van der Waals surface area contributed by atoms with Crippen molar-refractivity contribution in [3.8, 4) is 0 Å². The maximum Gasteiger partial charge on any atom is 0.251 e. The van der Waals surface area contributed by atoms with Gasteiger partial charge >= 0.3 is 0 Å². The van der Waals surface area contributed by atoms with Crippen LogP contribution in [0.25, 0.3) is 0 Å². The van der Waals surface area contributed by atoms with E-state index < -0.39 is 10.0 Å². The molecule has 20 heavy (non-hydrogen) atoms. The topological polar surface area (TPSA) is 66.5 Å². The van der Waals surface area contributed by atoms with E-state index in [9.17, 15) is 13.2 Å².